The van der Waals surface area contributed by atoms with Crippen LogP contribution in [0.4, 0.5) is 5.82 Å². The molecule has 0 saturated heterocycles. The number of nitrogen functional groups attached to an aromatic ring is 1. The van der Waals surface area contributed by atoms with E-state index >= 15 is 0 Å². The summed E-state index contributed by atoms with van der Waals surface area (Å²) in [4.78, 5) is 8.10. The summed E-state index contributed by atoms with van der Waals surface area (Å²) in [7, 11) is 0. The number of aromatic nitrogens is 3. The minimum Gasteiger partial charge on any atom is -0.392 e. The second kappa shape index (κ2) is 4.81. The Labute approximate surface area is 122 Å². The predicted octanol–water partition coefficient (Wildman–Crippen LogP) is -0.0288. The fourth-order valence-electron chi connectivity index (χ4n) is 2.50. The number of rotatable bonds is 2. The molecule has 1 aliphatic carbocycles. The summed E-state index contributed by atoms with van der Waals surface area (Å²) in [5, 5.41) is 29.8. The average Bonchev–Trinajstić information content (AvgIpc) is 2.90. The predicted molar refractivity (Wildman–Crippen MR) is 75.9 cm³/mol. The van der Waals surface area contributed by atoms with Gasteiger partial charge in [0.1, 0.15) is 30.0 Å². The molecule has 0 amide bonds. The fourth-order valence-corrected chi connectivity index (χ4v) is 3.10. The van der Waals surface area contributed by atoms with Crippen LogP contribution < -0.4 is 5.73 Å². The molecule has 0 aromatic carbocycles. The van der Waals surface area contributed by atoms with Crippen molar-refractivity contribution in [2.75, 3.05) is 12.3 Å². The third kappa shape index (κ3) is 1.84. The van der Waals surface area contributed by atoms with E-state index < -0.39 is 18.2 Å². The number of anilines is 1. The highest BCUT2D eigenvalue weighted by atomic mass is 79.9. The minimum atomic E-state index is -1.08. The number of fused-ring (bicyclic) bond motifs is 1. The van der Waals surface area contributed by atoms with Crippen LogP contribution in [0.25, 0.3) is 11.0 Å². The first-order valence-corrected chi connectivity index (χ1v) is 6.78. The molecular formula is C12H13BrN4O3. The molecule has 0 bridgehead atoms. The van der Waals surface area contributed by atoms with Crippen LogP contribution in [0.1, 0.15) is 6.04 Å². The zero-order chi connectivity index (χ0) is 14.4. The van der Waals surface area contributed by atoms with Gasteiger partial charge < -0.3 is 25.6 Å². The van der Waals surface area contributed by atoms with Crippen molar-refractivity contribution in [3.05, 3.63) is 28.6 Å². The van der Waals surface area contributed by atoms with Gasteiger partial charge in [-0.15, -0.1) is 0 Å². The second-order valence-electron chi connectivity index (χ2n) is 4.67. The van der Waals surface area contributed by atoms with Gasteiger partial charge in [-0.25, -0.2) is 9.97 Å². The molecule has 1 unspecified atom stereocenters. The van der Waals surface area contributed by atoms with Crippen molar-refractivity contribution in [3.8, 4) is 0 Å². The summed E-state index contributed by atoms with van der Waals surface area (Å²) < 4.78 is 2.41. The highest BCUT2D eigenvalue weighted by Crippen LogP contribution is 2.36. The van der Waals surface area contributed by atoms with Crippen molar-refractivity contribution in [2.45, 2.75) is 18.2 Å². The minimum absolute atomic E-state index is 0.299. The average molecular weight is 341 g/mol. The SMILES string of the molecule is Nc1ncnc2c1c(Br)cn2C1C=C(CO)[C@H](O)[C@@H]1O. The molecule has 0 radical (unpaired) electrons. The van der Waals surface area contributed by atoms with Gasteiger partial charge in [-0.3, -0.25) is 0 Å². The Hall–Kier alpha value is -1.48. The number of hydrogen-bond acceptors (Lipinski definition) is 6. The van der Waals surface area contributed by atoms with Crippen molar-refractivity contribution in [1.82, 2.24) is 14.5 Å². The van der Waals surface area contributed by atoms with E-state index in [2.05, 4.69) is 25.9 Å². The summed E-state index contributed by atoms with van der Waals surface area (Å²) in [5.41, 5.74) is 6.77. The van der Waals surface area contributed by atoms with Crippen molar-refractivity contribution in [3.63, 3.8) is 0 Å². The zero-order valence-corrected chi connectivity index (χ0v) is 11.9. The molecule has 3 atom stereocenters. The van der Waals surface area contributed by atoms with E-state index in [0.29, 0.717) is 26.9 Å². The second-order valence-corrected chi connectivity index (χ2v) is 5.52. The number of hydrogen-bond donors (Lipinski definition) is 4. The molecule has 0 aliphatic heterocycles. The van der Waals surface area contributed by atoms with Crippen LogP contribution in [0.2, 0.25) is 0 Å². The van der Waals surface area contributed by atoms with Crippen molar-refractivity contribution in [1.29, 1.82) is 0 Å². The quantitative estimate of drug-likeness (QED) is 0.570. The Morgan fingerprint density at radius 3 is 2.75 bits per heavy atom. The van der Waals surface area contributed by atoms with Crippen LogP contribution in [0.5, 0.6) is 0 Å². The zero-order valence-electron chi connectivity index (χ0n) is 10.3. The van der Waals surface area contributed by atoms with Crippen molar-refractivity contribution < 1.29 is 15.3 Å². The van der Waals surface area contributed by atoms with Gasteiger partial charge >= 0.3 is 0 Å². The van der Waals surface area contributed by atoms with Gasteiger partial charge in [0.05, 0.1) is 18.0 Å². The first-order chi connectivity index (χ1) is 9.54. The van der Waals surface area contributed by atoms with Crippen LogP contribution in [-0.2, 0) is 0 Å². The molecule has 3 rings (SSSR count). The molecule has 106 valence electrons. The van der Waals surface area contributed by atoms with Crippen molar-refractivity contribution >= 4 is 32.8 Å². The lowest BCUT2D eigenvalue weighted by atomic mass is 10.1. The topological polar surface area (TPSA) is 117 Å². The Morgan fingerprint density at radius 2 is 2.10 bits per heavy atom. The summed E-state index contributed by atoms with van der Waals surface area (Å²) in [6.07, 6.45) is 2.58. The van der Waals surface area contributed by atoms with E-state index in [9.17, 15) is 15.3 Å². The number of halogens is 1. The van der Waals surface area contributed by atoms with E-state index in [0.717, 1.165) is 0 Å². The molecule has 2 heterocycles. The van der Waals surface area contributed by atoms with Gasteiger partial charge in [0.2, 0.25) is 0 Å². The Balaban J connectivity index is 2.17. The van der Waals surface area contributed by atoms with Gasteiger partial charge in [-0.2, -0.15) is 0 Å². The van der Waals surface area contributed by atoms with E-state index in [1.165, 1.54) is 6.33 Å². The first kappa shape index (κ1) is 13.5. The Kier molecular flexibility index (Phi) is 3.25. The lowest BCUT2D eigenvalue weighted by Gasteiger charge is -2.19. The summed E-state index contributed by atoms with van der Waals surface area (Å²) in [6.45, 7) is -0.299. The Morgan fingerprint density at radius 1 is 1.35 bits per heavy atom. The first-order valence-electron chi connectivity index (χ1n) is 5.98. The highest BCUT2D eigenvalue weighted by Gasteiger charge is 2.36. The number of nitrogens with zero attached hydrogens (tertiary/aromatic N) is 3. The van der Waals surface area contributed by atoms with Crippen LogP contribution in [0, 0.1) is 0 Å². The highest BCUT2D eigenvalue weighted by molar-refractivity contribution is 9.10. The van der Waals surface area contributed by atoms with Crippen molar-refractivity contribution in [2.24, 2.45) is 0 Å². The standard InChI is InChI=1S/C12H13BrN4O3/c13-6-2-17(12-8(6)11(14)15-4-16-12)7-1-5(3-18)9(19)10(7)20/h1-2,4,7,9-10,18-20H,3H2,(H2,14,15,16)/t7?,9-,10+/m0/s1. The number of aliphatic hydroxyl groups excluding tert-OH is 3. The normalized spacial score (nSPS) is 26.2. The molecule has 0 spiro atoms. The van der Waals surface area contributed by atoms with Gasteiger partial charge in [0.25, 0.3) is 0 Å². The molecule has 2 aromatic rings. The van der Waals surface area contributed by atoms with Crippen LogP contribution in [0.15, 0.2) is 28.6 Å². The number of aliphatic hydroxyl groups is 3. The van der Waals surface area contributed by atoms with Crippen LogP contribution >= 0.6 is 15.9 Å². The molecule has 8 heteroatoms. The lowest BCUT2D eigenvalue weighted by molar-refractivity contribution is 0.0288. The van der Waals surface area contributed by atoms with Gasteiger partial charge in [0.15, 0.2) is 0 Å². The summed E-state index contributed by atoms with van der Waals surface area (Å²) >= 11 is 3.39. The molecule has 1 aliphatic rings. The molecule has 20 heavy (non-hydrogen) atoms. The van der Waals surface area contributed by atoms with E-state index in [4.69, 9.17) is 5.73 Å². The smallest absolute Gasteiger partial charge is 0.147 e. The Bertz CT molecular complexity index is 699. The third-order valence-electron chi connectivity index (χ3n) is 3.53. The van der Waals surface area contributed by atoms with Crippen LogP contribution in [0.3, 0.4) is 0 Å². The lowest BCUT2D eigenvalue weighted by Crippen LogP contribution is -2.30. The summed E-state index contributed by atoms with van der Waals surface area (Å²) in [6, 6.07) is -0.518. The molecular weight excluding hydrogens is 328 g/mol. The molecule has 5 N–H and O–H groups in total. The van der Waals surface area contributed by atoms with E-state index in [1.807, 2.05) is 0 Å². The molecule has 7 nitrogen and oxygen atoms in total. The molecule has 2 aromatic heterocycles. The third-order valence-corrected chi connectivity index (χ3v) is 4.14. The number of nitrogens with two attached hydrogens (primary N) is 1. The van der Waals surface area contributed by atoms with Crippen LogP contribution in [-0.4, -0.2) is 48.7 Å². The fraction of sp³-hybridized carbons (Fsp3) is 0.333. The van der Waals surface area contributed by atoms with E-state index in [1.54, 1.807) is 16.8 Å². The van der Waals surface area contributed by atoms with Gasteiger partial charge in [0, 0.05) is 10.7 Å². The molecule has 0 saturated carbocycles. The molecule has 0 fully saturated rings. The monoisotopic (exact) mass is 340 g/mol. The maximum Gasteiger partial charge on any atom is 0.147 e. The van der Waals surface area contributed by atoms with Gasteiger partial charge in [-0.05, 0) is 21.5 Å². The van der Waals surface area contributed by atoms with Gasteiger partial charge in [-0.1, -0.05) is 6.08 Å². The maximum absolute atomic E-state index is 10.1. The summed E-state index contributed by atoms with van der Waals surface area (Å²) in [5.74, 6) is 0.333. The largest absolute Gasteiger partial charge is 0.392 e. The maximum atomic E-state index is 10.1. The van der Waals surface area contributed by atoms with E-state index in [-0.39, 0.29) is 6.61 Å².